The Hall–Kier alpha value is -1.52. The first kappa shape index (κ1) is 19.8. The van der Waals surface area contributed by atoms with E-state index >= 15 is 0 Å². The van der Waals surface area contributed by atoms with E-state index in [0.717, 1.165) is 12.0 Å². The van der Waals surface area contributed by atoms with Gasteiger partial charge in [0.1, 0.15) is 5.82 Å². The Morgan fingerprint density at radius 1 is 1.20 bits per heavy atom. The SMILES string of the molecule is CC(C)C[C@H](NC(=O)CSCc1ccc(Cl)cc1F)c1ccccc1. The largest absolute Gasteiger partial charge is 0.349 e. The van der Waals surface area contributed by atoms with E-state index in [1.165, 1.54) is 17.8 Å². The normalized spacial score (nSPS) is 12.2. The van der Waals surface area contributed by atoms with Gasteiger partial charge in [0, 0.05) is 10.8 Å². The minimum Gasteiger partial charge on any atom is -0.349 e. The van der Waals surface area contributed by atoms with Crippen LogP contribution in [0.1, 0.15) is 37.4 Å². The van der Waals surface area contributed by atoms with Crippen LogP contribution in [0.4, 0.5) is 4.39 Å². The summed E-state index contributed by atoms with van der Waals surface area (Å²) in [5.74, 6) is 0.845. The standard InChI is InChI=1S/C20H23ClFNOS/c1-14(2)10-19(15-6-4-3-5-7-15)23-20(24)13-25-12-16-8-9-17(21)11-18(16)22/h3-9,11,14,19H,10,12-13H2,1-2H3,(H,23,24)/t19-/m0/s1. The highest BCUT2D eigenvalue weighted by atomic mass is 35.5. The van der Waals surface area contributed by atoms with E-state index in [4.69, 9.17) is 11.6 Å². The van der Waals surface area contributed by atoms with E-state index in [9.17, 15) is 9.18 Å². The zero-order valence-corrected chi connectivity index (χ0v) is 16.0. The number of rotatable bonds is 8. The maximum Gasteiger partial charge on any atom is 0.230 e. The lowest BCUT2D eigenvalue weighted by molar-refractivity contribution is -0.119. The van der Waals surface area contributed by atoms with Crippen LogP contribution in [0.15, 0.2) is 48.5 Å². The summed E-state index contributed by atoms with van der Waals surface area (Å²) in [5, 5.41) is 3.48. The minimum atomic E-state index is -0.331. The summed E-state index contributed by atoms with van der Waals surface area (Å²) in [7, 11) is 0. The van der Waals surface area contributed by atoms with Gasteiger partial charge in [-0.05, 0) is 35.6 Å². The van der Waals surface area contributed by atoms with E-state index in [0.29, 0.717) is 28.0 Å². The number of carbonyl (C=O) groups excluding carboxylic acids is 1. The molecular weight excluding hydrogens is 357 g/mol. The summed E-state index contributed by atoms with van der Waals surface area (Å²) < 4.78 is 13.8. The topological polar surface area (TPSA) is 29.1 Å². The summed E-state index contributed by atoms with van der Waals surface area (Å²) in [6, 6.07) is 14.6. The van der Waals surface area contributed by atoms with E-state index in [2.05, 4.69) is 19.2 Å². The molecule has 0 spiro atoms. The highest BCUT2D eigenvalue weighted by Crippen LogP contribution is 2.22. The molecule has 0 aliphatic carbocycles. The highest BCUT2D eigenvalue weighted by Gasteiger charge is 2.16. The van der Waals surface area contributed by atoms with Crippen LogP contribution in [0.25, 0.3) is 0 Å². The first-order valence-electron chi connectivity index (χ1n) is 8.31. The molecule has 25 heavy (non-hydrogen) atoms. The Morgan fingerprint density at radius 2 is 1.92 bits per heavy atom. The van der Waals surface area contributed by atoms with Crippen LogP contribution < -0.4 is 5.32 Å². The smallest absolute Gasteiger partial charge is 0.230 e. The van der Waals surface area contributed by atoms with Gasteiger partial charge in [0.05, 0.1) is 11.8 Å². The van der Waals surface area contributed by atoms with E-state index in [1.54, 1.807) is 12.1 Å². The van der Waals surface area contributed by atoms with Gasteiger partial charge in [-0.1, -0.05) is 61.8 Å². The number of halogens is 2. The van der Waals surface area contributed by atoms with Gasteiger partial charge in [0.15, 0.2) is 0 Å². The van der Waals surface area contributed by atoms with Crippen molar-refractivity contribution in [3.63, 3.8) is 0 Å². The van der Waals surface area contributed by atoms with Gasteiger partial charge < -0.3 is 5.32 Å². The van der Waals surface area contributed by atoms with Crippen molar-refractivity contribution < 1.29 is 9.18 Å². The second-order valence-corrected chi connectivity index (χ2v) is 7.81. The summed E-state index contributed by atoms with van der Waals surface area (Å²) in [6.45, 7) is 4.28. The van der Waals surface area contributed by atoms with Crippen LogP contribution >= 0.6 is 23.4 Å². The first-order chi connectivity index (χ1) is 12.0. The van der Waals surface area contributed by atoms with Crippen LogP contribution in [-0.2, 0) is 10.5 Å². The number of nitrogens with one attached hydrogen (secondary N) is 1. The molecule has 1 atom stereocenters. The molecule has 1 amide bonds. The fourth-order valence-electron chi connectivity index (χ4n) is 2.56. The van der Waals surface area contributed by atoms with Gasteiger partial charge in [-0.15, -0.1) is 11.8 Å². The lowest BCUT2D eigenvalue weighted by Crippen LogP contribution is -2.30. The van der Waals surface area contributed by atoms with Gasteiger partial charge in [0.2, 0.25) is 5.91 Å². The maximum atomic E-state index is 13.8. The number of hydrogen-bond donors (Lipinski definition) is 1. The lowest BCUT2D eigenvalue weighted by atomic mass is 9.97. The third kappa shape index (κ3) is 6.71. The lowest BCUT2D eigenvalue weighted by Gasteiger charge is -2.21. The molecule has 2 aromatic carbocycles. The highest BCUT2D eigenvalue weighted by molar-refractivity contribution is 7.99. The zero-order chi connectivity index (χ0) is 18.2. The third-order valence-corrected chi connectivity index (χ3v) is 4.97. The second kappa shape index (κ2) is 9.83. The molecule has 1 N–H and O–H groups in total. The molecule has 0 unspecified atom stereocenters. The fourth-order valence-corrected chi connectivity index (χ4v) is 3.55. The van der Waals surface area contributed by atoms with Crippen molar-refractivity contribution in [3.05, 3.63) is 70.5 Å². The second-order valence-electron chi connectivity index (χ2n) is 6.39. The monoisotopic (exact) mass is 379 g/mol. The van der Waals surface area contributed by atoms with Crippen LogP contribution in [0.5, 0.6) is 0 Å². The van der Waals surface area contributed by atoms with Crippen LogP contribution in [-0.4, -0.2) is 11.7 Å². The van der Waals surface area contributed by atoms with Crippen molar-refractivity contribution >= 4 is 29.3 Å². The molecule has 0 bridgehead atoms. The van der Waals surface area contributed by atoms with Crippen LogP contribution in [0.2, 0.25) is 5.02 Å². The predicted molar refractivity (Wildman–Crippen MR) is 104 cm³/mol. The van der Waals surface area contributed by atoms with Gasteiger partial charge in [-0.2, -0.15) is 0 Å². The molecule has 2 nitrogen and oxygen atoms in total. The van der Waals surface area contributed by atoms with Crippen molar-refractivity contribution in [3.8, 4) is 0 Å². The fraction of sp³-hybridized carbons (Fsp3) is 0.350. The molecule has 134 valence electrons. The van der Waals surface area contributed by atoms with E-state index in [-0.39, 0.29) is 17.8 Å². The van der Waals surface area contributed by atoms with Crippen molar-refractivity contribution in [1.29, 1.82) is 0 Å². The predicted octanol–water partition coefficient (Wildman–Crippen LogP) is 5.62. The van der Waals surface area contributed by atoms with E-state index in [1.807, 2.05) is 30.3 Å². The van der Waals surface area contributed by atoms with Crippen molar-refractivity contribution in [1.82, 2.24) is 5.32 Å². The molecule has 0 aromatic heterocycles. The molecular formula is C20H23ClFNOS. The third-order valence-electron chi connectivity index (χ3n) is 3.75. The average molecular weight is 380 g/mol. The number of hydrogen-bond acceptors (Lipinski definition) is 2. The first-order valence-corrected chi connectivity index (χ1v) is 9.85. The Balaban J connectivity index is 1.88. The molecule has 0 heterocycles. The zero-order valence-electron chi connectivity index (χ0n) is 14.5. The summed E-state index contributed by atoms with van der Waals surface area (Å²) in [5.41, 5.74) is 1.67. The molecule has 0 aliphatic rings. The molecule has 0 fully saturated rings. The Bertz CT molecular complexity index is 693. The number of amides is 1. The van der Waals surface area contributed by atoms with Crippen molar-refractivity contribution in [2.45, 2.75) is 32.1 Å². The summed E-state index contributed by atoms with van der Waals surface area (Å²) in [6.07, 6.45) is 0.881. The number of thioether (sulfide) groups is 1. The minimum absolute atomic E-state index is 0.00145. The summed E-state index contributed by atoms with van der Waals surface area (Å²) in [4.78, 5) is 12.3. The quantitative estimate of drug-likeness (QED) is 0.645. The van der Waals surface area contributed by atoms with Gasteiger partial charge >= 0.3 is 0 Å². The molecule has 0 aliphatic heterocycles. The maximum absolute atomic E-state index is 13.8. The number of carbonyl (C=O) groups is 1. The van der Waals surface area contributed by atoms with E-state index < -0.39 is 0 Å². The molecule has 5 heteroatoms. The Morgan fingerprint density at radius 3 is 2.56 bits per heavy atom. The van der Waals surface area contributed by atoms with Crippen LogP contribution in [0, 0.1) is 11.7 Å². The van der Waals surface area contributed by atoms with Gasteiger partial charge in [-0.3, -0.25) is 4.79 Å². The molecule has 0 saturated heterocycles. The number of benzene rings is 2. The van der Waals surface area contributed by atoms with Crippen molar-refractivity contribution in [2.24, 2.45) is 5.92 Å². The van der Waals surface area contributed by atoms with Gasteiger partial charge in [0.25, 0.3) is 0 Å². The summed E-state index contributed by atoms with van der Waals surface area (Å²) >= 11 is 7.14. The Kier molecular flexibility index (Phi) is 7.79. The average Bonchev–Trinajstić information content (AvgIpc) is 2.56. The molecule has 0 saturated carbocycles. The van der Waals surface area contributed by atoms with Crippen LogP contribution in [0.3, 0.4) is 0 Å². The molecule has 0 radical (unpaired) electrons. The molecule has 2 aromatic rings. The Labute approximate surface area is 158 Å². The molecule has 2 rings (SSSR count). The van der Waals surface area contributed by atoms with Crippen molar-refractivity contribution in [2.75, 3.05) is 5.75 Å². The van der Waals surface area contributed by atoms with Gasteiger partial charge in [-0.25, -0.2) is 4.39 Å².